The van der Waals surface area contributed by atoms with E-state index in [1.165, 1.54) is 0 Å². The number of carbonyl (C=O) groups is 1. The maximum absolute atomic E-state index is 11.3. The first-order valence-corrected chi connectivity index (χ1v) is 9.68. The smallest absolute Gasteiger partial charge is 1.00 e. The number of hydrogen-bond donors (Lipinski definition) is 1. The molecule has 0 aromatic heterocycles. The van der Waals surface area contributed by atoms with E-state index in [-0.39, 0.29) is 20.3 Å². The number of hydrogen-bond acceptors (Lipinski definition) is 7. The summed E-state index contributed by atoms with van der Waals surface area (Å²) >= 11 is 0. The van der Waals surface area contributed by atoms with Gasteiger partial charge in [0.15, 0.2) is 17.8 Å². The van der Waals surface area contributed by atoms with Gasteiger partial charge in [-0.15, -0.1) is 0 Å². The molecule has 0 atom stereocenters. The maximum Gasteiger partial charge on any atom is 1.00 e. The van der Waals surface area contributed by atoms with E-state index in [4.69, 9.17) is 28.1 Å². The molecule has 0 saturated heterocycles. The average molecular weight is 427 g/mol. The standard InChI is InChI=1S/C21H18O3.ClHO4.Li.H/c22-14-19-12-7-13-20(23-15-17-8-3-1-4-9-17)21(19)24-16-18-10-5-2-6-11-18;2-1(3,4)5;;/h1-14H,15-16H2;(H,2,3,4,5);;/q;;+1;-1. The Morgan fingerprint density at radius 3 is 1.73 bits per heavy atom. The Morgan fingerprint density at radius 2 is 1.27 bits per heavy atom. The van der Waals surface area contributed by atoms with Crippen LogP contribution in [0.4, 0.5) is 0 Å². The Balaban J connectivity index is 0.00000116. The van der Waals surface area contributed by atoms with Crippen molar-refractivity contribution in [1.29, 1.82) is 0 Å². The summed E-state index contributed by atoms with van der Waals surface area (Å²) in [6.45, 7) is 0.804. The molecule has 9 heteroatoms. The second-order valence-electron chi connectivity index (χ2n) is 5.74. The monoisotopic (exact) mass is 426 g/mol. The van der Waals surface area contributed by atoms with Gasteiger partial charge in [-0.1, -0.05) is 66.7 Å². The third-order valence-electron chi connectivity index (χ3n) is 3.60. The molecule has 0 aliphatic rings. The first-order valence-electron chi connectivity index (χ1n) is 8.41. The van der Waals surface area contributed by atoms with Gasteiger partial charge in [-0.05, 0) is 23.3 Å². The predicted molar refractivity (Wildman–Crippen MR) is 96.7 cm³/mol. The molecule has 0 heterocycles. The zero-order valence-electron chi connectivity index (χ0n) is 17.3. The zero-order chi connectivity index (χ0) is 21.1. The summed E-state index contributed by atoms with van der Waals surface area (Å²) in [5.74, 6) is 1.05. The molecule has 3 rings (SSSR count). The topological polar surface area (TPSA) is 125 Å². The second kappa shape index (κ2) is 13.1. The number of rotatable bonds is 7. The molecule has 154 valence electrons. The van der Waals surface area contributed by atoms with Crippen LogP contribution in [0.2, 0.25) is 0 Å². The number of ether oxygens (including phenoxy) is 2. The first-order chi connectivity index (χ1) is 13.9. The van der Waals surface area contributed by atoms with Crippen LogP contribution in [0.1, 0.15) is 22.9 Å². The quantitative estimate of drug-likeness (QED) is 0.331. The molecule has 30 heavy (non-hydrogen) atoms. The van der Waals surface area contributed by atoms with E-state index >= 15 is 0 Å². The molecule has 0 saturated carbocycles. The van der Waals surface area contributed by atoms with Crippen molar-refractivity contribution in [2.24, 2.45) is 0 Å². The summed E-state index contributed by atoms with van der Waals surface area (Å²) in [6.07, 6.45) is 0.787. The van der Waals surface area contributed by atoms with Crippen LogP contribution in [0.5, 0.6) is 11.5 Å². The van der Waals surface area contributed by atoms with E-state index in [1.54, 1.807) is 12.1 Å². The van der Waals surface area contributed by atoms with Crippen molar-refractivity contribution in [3.63, 3.8) is 0 Å². The van der Waals surface area contributed by atoms with Gasteiger partial charge in [-0.2, -0.15) is 14.0 Å². The van der Waals surface area contributed by atoms with E-state index < -0.39 is 10.2 Å². The van der Waals surface area contributed by atoms with Crippen LogP contribution in [0.25, 0.3) is 0 Å². The Bertz CT molecular complexity index is 887. The maximum atomic E-state index is 11.3. The zero-order valence-corrected chi connectivity index (χ0v) is 17.0. The number of carbonyl (C=O) groups excluding carboxylic acids is 1. The minimum Gasteiger partial charge on any atom is -1.00 e. The van der Waals surface area contributed by atoms with Crippen molar-refractivity contribution in [2.75, 3.05) is 0 Å². The summed E-state index contributed by atoms with van der Waals surface area (Å²) in [5.41, 5.74) is 2.58. The molecular formula is C21H20ClLiO7. The number of para-hydroxylation sites is 1. The average Bonchev–Trinajstić information content (AvgIpc) is 2.71. The van der Waals surface area contributed by atoms with Gasteiger partial charge in [0.25, 0.3) is 0 Å². The van der Waals surface area contributed by atoms with E-state index in [9.17, 15) is 4.79 Å². The van der Waals surface area contributed by atoms with Crippen molar-refractivity contribution in [3.05, 3.63) is 95.6 Å². The van der Waals surface area contributed by atoms with Crippen molar-refractivity contribution >= 4 is 6.29 Å². The molecule has 7 nitrogen and oxygen atoms in total. The van der Waals surface area contributed by atoms with Gasteiger partial charge < -0.3 is 10.9 Å². The van der Waals surface area contributed by atoms with E-state index in [2.05, 4.69) is 0 Å². The normalized spacial score (nSPS) is 10.1. The Morgan fingerprint density at radius 1 is 0.800 bits per heavy atom. The van der Waals surface area contributed by atoms with E-state index in [1.807, 2.05) is 66.7 Å². The van der Waals surface area contributed by atoms with Crippen molar-refractivity contribution in [2.45, 2.75) is 13.2 Å². The Labute approximate surface area is 189 Å². The first kappa shape index (κ1) is 25.7. The molecule has 0 fully saturated rings. The van der Waals surface area contributed by atoms with E-state index in [0.29, 0.717) is 30.3 Å². The number of benzene rings is 3. The summed E-state index contributed by atoms with van der Waals surface area (Å²) in [7, 11) is -4.69. The van der Waals surface area contributed by atoms with Gasteiger partial charge in [0.05, 0.1) is 20.5 Å². The Kier molecular flexibility index (Phi) is 11.2. The summed E-state index contributed by atoms with van der Waals surface area (Å²) < 4.78 is 44.5. The van der Waals surface area contributed by atoms with Gasteiger partial charge in [0, 0.05) is 0 Å². The molecule has 0 radical (unpaired) electrons. The van der Waals surface area contributed by atoms with Gasteiger partial charge >= 0.3 is 18.9 Å². The van der Waals surface area contributed by atoms with Crippen LogP contribution < -0.4 is 42.3 Å². The molecule has 0 bridgehead atoms. The third-order valence-corrected chi connectivity index (χ3v) is 3.60. The van der Waals surface area contributed by atoms with Crippen molar-refractivity contribution in [3.8, 4) is 11.5 Å². The van der Waals surface area contributed by atoms with Gasteiger partial charge in [0.2, 0.25) is 0 Å². The molecule has 3 aromatic rings. The molecule has 0 unspecified atom stereocenters. The van der Waals surface area contributed by atoms with E-state index in [0.717, 1.165) is 17.4 Å². The van der Waals surface area contributed by atoms with Crippen LogP contribution in [0.3, 0.4) is 0 Å². The number of aldehydes is 1. The molecule has 1 N–H and O–H groups in total. The van der Waals surface area contributed by atoms with Crippen molar-refractivity contribution in [1.82, 2.24) is 0 Å². The van der Waals surface area contributed by atoms with Gasteiger partial charge in [-0.25, -0.2) is 0 Å². The summed E-state index contributed by atoms with van der Waals surface area (Å²) in [4.78, 5) is 11.3. The van der Waals surface area contributed by atoms with Crippen LogP contribution >= 0.6 is 0 Å². The molecule has 0 aliphatic heterocycles. The number of halogens is 1. The summed E-state index contributed by atoms with van der Waals surface area (Å²) in [5, 5.41) is 0. The largest absolute Gasteiger partial charge is 1.00 e. The fraction of sp³-hybridized carbons (Fsp3) is 0.0952. The van der Waals surface area contributed by atoms with Gasteiger partial charge in [-0.3, -0.25) is 4.79 Å². The Hall–Kier alpha value is -2.34. The van der Waals surface area contributed by atoms with Gasteiger partial charge in [0.1, 0.15) is 13.2 Å². The van der Waals surface area contributed by atoms with Crippen LogP contribution in [-0.4, -0.2) is 10.9 Å². The van der Waals surface area contributed by atoms with Crippen LogP contribution in [0.15, 0.2) is 78.9 Å². The molecule has 0 spiro atoms. The molecular weight excluding hydrogens is 407 g/mol. The summed E-state index contributed by atoms with van der Waals surface area (Å²) in [6, 6.07) is 25.0. The van der Waals surface area contributed by atoms with Crippen LogP contribution in [0, 0.1) is 10.2 Å². The van der Waals surface area contributed by atoms with Crippen molar-refractivity contribution < 1.29 is 63.4 Å². The molecule has 3 aromatic carbocycles. The third kappa shape index (κ3) is 9.92. The fourth-order valence-electron chi connectivity index (χ4n) is 2.36. The fourth-order valence-corrected chi connectivity index (χ4v) is 2.36. The second-order valence-corrected chi connectivity index (χ2v) is 6.53. The van der Waals surface area contributed by atoms with Crippen LogP contribution in [-0.2, 0) is 13.2 Å². The molecule has 0 amide bonds. The predicted octanol–water partition coefficient (Wildman–Crippen LogP) is -2.35. The minimum absolute atomic E-state index is 0. The minimum atomic E-state index is -4.69. The SMILES string of the molecule is O=Cc1cccc(OCc2ccccc2)c1OCc1ccccc1.[H-].[Li+].[O-][Cl+3]([O-])([O-])O. The molecule has 0 aliphatic carbocycles.